The molecule has 0 spiro atoms. The smallest absolute Gasteiger partial charge is 0.205 e. The maximum atomic E-state index is 5.15. The third kappa shape index (κ3) is 1.95. The topological polar surface area (TPSA) is 92.8 Å². The maximum absolute atomic E-state index is 5.15. The van der Waals surface area contributed by atoms with Crippen LogP contribution in [-0.4, -0.2) is 31.3 Å². The van der Waals surface area contributed by atoms with Crippen molar-refractivity contribution in [1.29, 1.82) is 0 Å². The Balaban J connectivity index is 2.02. The number of aromatic nitrogens is 5. The Bertz CT molecular complexity index is 769. The summed E-state index contributed by atoms with van der Waals surface area (Å²) in [6.45, 7) is 3.95. The number of H-pyrrole nitrogens is 1. The zero-order valence-corrected chi connectivity index (χ0v) is 12.1. The first-order chi connectivity index (χ1) is 9.74. The monoisotopic (exact) mass is 291 g/mol. The van der Waals surface area contributed by atoms with Gasteiger partial charge in [0.05, 0.1) is 19.0 Å². The van der Waals surface area contributed by atoms with E-state index in [-0.39, 0.29) is 0 Å². The van der Waals surface area contributed by atoms with Gasteiger partial charge in [0.2, 0.25) is 10.6 Å². The third-order valence-electron chi connectivity index (χ3n) is 2.87. The van der Waals surface area contributed by atoms with Crippen LogP contribution in [0.2, 0.25) is 0 Å². The Kier molecular flexibility index (Phi) is 3.18. The van der Waals surface area contributed by atoms with Crippen LogP contribution in [0, 0.1) is 6.92 Å². The first-order valence-electron chi connectivity index (χ1n) is 6.07. The van der Waals surface area contributed by atoms with Crippen LogP contribution < -0.4 is 4.74 Å². The maximum Gasteiger partial charge on any atom is 0.205 e. The normalized spacial score (nSPS) is 11.8. The van der Waals surface area contributed by atoms with E-state index in [1.54, 1.807) is 13.3 Å². The highest BCUT2D eigenvalue weighted by molar-refractivity contribution is 7.10. The summed E-state index contributed by atoms with van der Waals surface area (Å²) in [7, 11) is 1.58. The molecule has 0 aliphatic rings. The minimum atomic E-state index is 0.610. The summed E-state index contributed by atoms with van der Waals surface area (Å²) in [6.07, 6.45) is 2.41. The fourth-order valence-corrected chi connectivity index (χ4v) is 2.40. The first-order valence-corrected chi connectivity index (χ1v) is 6.85. The third-order valence-corrected chi connectivity index (χ3v) is 3.54. The number of azo groups is 1. The largest absolute Gasteiger partial charge is 0.492 e. The molecule has 0 aromatic carbocycles. The van der Waals surface area contributed by atoms with Gasteiger partial charge in [-0.25, -0.2) is 4.52 Å². The molecule has 3 heterocycles. The number of aromatic amines is 1. The number of rotatable bonds is 4. The number of aryl methyl sites for hydroxylation is 2. The van der Waals surface area contributed by atoms with Gasteiger partial charge in [0.15, 0.2) is 17.3 Å². The van der Waals surface area contributed by atoms with E-state index in [1.165, 1.54) is 11.5 Å². The second kappa shape index (κ2) is 5.00. The van der Waals surface area contributed by atoms with E-state index in [1.807, 2.05) is 18.4 Å². The minimum Gasteiger partial charge on any atom is -0.492 e. The number of nitrogens with one attached hydrogen (secondary N) is 1. The number of fused-ring (bicyclic) bond motifs is 1. The summed E-state index contributed by atoms with van der Waals surface area (Å²) in [5.41, 5.74) is 2.23. The van der Waals surface area contributed by atoms with Crippen molar-refractivity contribution >= 4 is 27.9 Å². The van der Waals surface area contributed by atoms with Crippen LogP contribution >= 0.6 is 11.5 Å². The summed E-state index contributed by atoms with van der Waals surface area (Å²) in [4.78, 5) is 0. The zero-order valence-electron chi connectivity index (χ0n) is 11.3. The molecule has 3 rings (SSSR count). The highest BCUT2D eigenvalue weighted by Gasteiger charge is 2.14. The van der Waals surface area contributed by atoms with Crippen molar-refractivity contribution in [3.63, 3.8) is 0 Å². The average Bonchev–Trinajstić information content (AvgIpc) is 3.11. The molecule has 0 aliphatic heterocycles. The average molecular weight is 291 g/mol. The van der Waals surface area contributed by atoms with E-state index in [4.69, 9.17) is 4.74 Å². The molecule has 1 N–H and O–H groups in total. The molecular weight excluding hydrogens is 278 g/mol. The predicted molar refractivity (Wildman–Crippen MR) is 74.3 cm³/mol. The van der Waals surface area contributed by atoms with Crippen molar-refractivity contribution < 1.29 is 4.74 Å². The molecule has 0 saturated heterocycles. The quantitative estimate of drug-likeness (QED) is 0.748. The van der Waals surface area contributed by atoms with Crippen LogP contribution in [0.1, 0.15) is 18.4 Å². The Morgan fingerprint density at radius 1 is 1.40 bits per heavy atom. The Morgan fingerprint density at radius 2 is 2.25 bits per heavy atom. The van der Waals surface area contributed by atoms with Gasteiger partial charge in [-0.15, -0.1) is 20.4 Å². The SMILES string of the molecule is CCc1nnc2c(N=Nc3sncc3OC)c(C)[nH]n12. The Hall–Kier alpha value is -2.29. The number of hydrogen-bond donors (Lipinski definition) is 1. The molecule has 0 aliphatic carbocycles. The Labute approximate surface area is 118 Å². The summed E-state index contributed by atoms with van der Waals surface area (Å²) in [6, 6.07) is 0. The lowest BCUT2D eigenvalue weighted by atomic mass is 10.4. The van der Waals surface area contributed by atoms with E-state index < -0.39 is 0 Å². The van der Waals surface area contributed by atoms with E-state index in [0.29, 0.717) is 22.1 Å². The molecule has 0 amide bonds. The van der Waals surface area contributed by atoms with Gasteiger partial charge in [-0.2, -0.15) is 4.37 Å². The van der Waals surface area contributed by atoms with Crippen molar-refractivity contribution in [2.75, 3.05) is 7.11 Å². The first kappa shape index (κ1) is 12.7. The number of methoxy groups -OCH3 is 1. The van der Waals surface area contributed by atoms with Gasteiger partial charge >= 0.3 is 0 Å². The number of hydrogen-bond acceptors (Lipinski definition) is 7. The van der Waals surface area contributed by atoms with Gasteiger partial charge in [-0.3, -0.25) is 5.10 Å². The lowest BCUT2D eigenvalue weighted by molar-refractivity contribution is 0.416. The van der Waals surface area contributed by atoms with E-state index >= 15 is 0 Å². The van der Waals surface area contributed by atoms with Crippen LogP contribution in [0.3, 0.4) is 0 Å². The number of nitrogens with zero attached hydrogens (tertiary/aromatic N) is 6. The molecule has 0 fully saturated rings. The van der Waals surface area contributed by atoms with Crippen molar-refractivity contribution in [1.82, 2.24) is 24.2 Å². The Morgan fingerprint density at radius 3 is 3.00 bits per heavy atom. The van der Waals surface area contributed by atoms with Gasteiger partial charge < -0.3 is 4.74 Å². The van der Waals surface area contributed by atoms with Gasteiger partial charge in [-0.05, 0) is 18.5 Å². The second-order valence-electron chi connectivity index (χ2n) is 4.11. The zero-order chi connectivity index (χ0) is 14.1. The molecule has 3 aromatic rings. The van der Waals surface area contributed by atoms with Crippen LogP contribution in [0.4, 0.5) is 10.7 Å². The highest BCUT2D eigenvalue weighted by atomic mass is 32.1. The molecule has 0 bridgehead atoms. The lowest BCUT2D eigenvalue weighted by Gasteiger charge is -1.93. The van der Waals surface area contributed by atoms with Gasteiger partial charge in [0, 0.05) is 6.42 Å². The summed E-state index contributed by atoms with van der Waals surface area (Å²) in [5.74, 6) is 1.47. The molecule has 0 unspecified atom stereocenters. The molecule has 0 atom stereocenters. The van der Waals surface area contributed by atoms with E-state index in [0.717, 1.165) is 17.9 Å². The summed E-state index contributed by atoms with van der Waals surface area (Å²) < 4.78 is 11.0. The van der Waals surface area contributed by atoms with E-state index in [9.17, 15) is 0 Å². The second-order valence-corrected chi connectivity index (χ2v) is 4.89. The van der Waals surface area contributed by atoms with Crippen molar-refractivity contribution in [2.24, 2.45) is 10.2 Å². The van der Waals surface area contributed by atoms with Gasteiger partial charge in [0.1, 0.15) is 0 Å². The molecule has 9 heteroatoms. The molecule has 0 saturated carbocycles. The van der Waals surface area contributed by atoms with Gasteiger partial charge in [0.25, 0.3) is 0 Å². The molecule has 20 heavy (non-hydrogen) atoms. The minimum absolute atomic E-state index is 0.610. The fraction of sp³-hybridized carbons (Fsp3) is 0.364. The van der Waals surface area contributed by atoms with Crippen LogP contribution in [-0.2, 0) is 6.42 Å². The van der Waals surface area contributed by atoms with Crippen LogP contribution in [0.15, 0.2) is 16.4 Å². The molecule has 0 radical (unpaired) electrons. The summed E-state index contributed by atoms with van der Waals surface area (Å²) >= 11 is 1.23. The van der Waals surface area contributed by atoms with Crippen molar-refractivity contribution in [3.8, 4) is 5.75 Å². The molecule has 104 valence electrons. The molecule has 8 nitrogen and oxygen atoms in total. The number of ether oxygens (including phenoxy) is 1. The van der Waals surface area contributed by atoms with Crippen LogP contribution in [0.5, 0.6) is 5.75 Å². The molecule has 3 aromatic heterocycles. The summed E-state index contributed by atoms with van der Waals surface area (Å²) in [5, 5.41) is 20.5. The van der Waals surface area contributed by atoms with E-state index in [2.05, 4.69) is 29.9 Å². The molecular formula is C11H13N7OS. The van der Waals surface area contributed by atoms with Crippen molar-refractivity contribution in [2.45, 2.75) is 20.3 Å². The standard InChI is InChI=1S/C11H13N7OS/c1-4-8-13-15-10-9(6(2)17-18(8)10)14-16-11-7(19-3)5-12-20-11/h5,17H,4H2,1-3H3. The van der Waals surface area contributed by atoms with Gasteiger partial charge in [-0.1, -0.05) is 6.92 Å². The van der Waals surface area contributed by atoms with Crippen molar-refractivity contribution in [3.05, 3.63) is 17.7 Å². The highest BCUT2D eigenvalue weighted by Crippen LogP contribution is 2.34. The predicted octanol–water partition coefficient (Wildman–Crippen LogP) is 2.81. The fourth-order valence-electron chi connectivity index (χ4n) is 1.85. The lowest BCUT2D eigenvalue weighted by Crippen LogP contribution is -1.92. The van der Waals surface area contributed by atoms with Crippen LogP contribution in [0.25, 0.3) is 5.65 Å².